The number of aromatic nitrogens is 4. The largest absolute Gasteiger partial charge is 0.354 e. The van der Waals surface area contributed by atoms with Gasteiger partial charge in [0.1, 0.15) is 11.6 Å². The summed E-state index contributed by atoms with van der Waals surface area (Å²) in [5.41, 5.74) is 1.04. The second-order valence-corrected chi connectivity index (χ2v) is 8.06. The second kappa shape index (κ2) is 7.61. The fourth-order valence-electron chi connectivity index (χ4n) is 3.44. The number of anilines is 1. The lowest BCUT2D eigenvalue weighted by Crippen LogP contribution is -2.30. The third-order valence-corrected chi connectivity index (χ3v) is 5.91. The van der Waals surface area contributed by atoms with Gasteiger partial charge < -0.3 is 4.90 Å². The molecule has 5 nitrogen and oxygen atoms in total. The third kappa shape index (κ3) is 3.40. The Morgan fingerprint density at radius 1 is 1.15 bits per heavy atom. The first kappa shape index (κ1) is 17.3. The van der Waals surface area contributed by atoms with Gasteiger partial charge in [0.25, 0.3) is 0 Å². The van der Waals surface area contributed by atoms with Crippen LogP contribution in [-0.2, 0) is 0 Å². The molecular weight excluding hydrogens is 349 g/mol. The van der Waals surface area contributed by atoms with E-state index in [4.69, 9.17) is 5.10 Å². The van der Waals surface area contributed by atoms with E-state index in [1.165, 1.54) is 25.3 Å². The first-order valence-corrected chi connectivity index (χ1v) is 10.1. The van der Waals surface area contributed by atoms with Gasteiger partial charge in [-0.2, -0.15) is 16.3 Å². The van der Waals surface area contributed by atoms with Gasteiger partial charge in [0.05, 0.1) is 5.56 Å². The van der Waals surface area contributed by atoms with Crippen LogP contribution in [0.2, 0.25) is 0 Å². The Bertz CT molecular complexity index is 897. The van der Waals surface area contributed by atoms with Crippen LogP contribution < -0.4 is 4.90 Å². The normalized spacial score (nSPS) is 18.2. The number of hydrogen-bond acceptors (Lipinski definition) is 5. The van der Waals surface area contributed by atoms with Crippen molar-refractivity contribution in [2.24, 2.45) is 0 Å². The molecule has 3 heterocycles. The molecule has 0 N–H and O–H groups in total. The highest BCUT2D eigenvalue weighted by Gasteiger charge is 2.21. The highest BCUT2D eigenvalue weighted by Crippen LogP contribution is 2.26. The van der Waals surface area contributed by atoms with Crippen molar-refractivity contribution >= 4 is 23.2 Å². The zero-order chi connectivity index (χ0) is 17.9. The fourth-order valence-corrected chi connectivity index (χ4v) is 4.53. The number of hydrogen-bond donors (Lipinski definition) is 0. The molecule has 1 saturated heterocycles. The summed E-state index contributed by atoms with van der Waals surface area (Å²) in [6.45, 7) is 4.20. The molecule has 136 valence electrons. The van der Waals surface area contributed by atoms with Crippen molar-refractivity contribution in [3.8, 4) is 11.4 Å². The molecule has 3 aromatic rings. The van der Waals surface area contributed by atoms with Gasteiger partial charge in [-0.25, -0.2) is 4.39 Å². The fraction of sp³-hybridized carbons (Fsp3) is 0.421. The van der Waals surface area contributed by atoms with Crippen molar-refractivity contribution in [2.45, 2.75) is 31.4 Å². The molecule has 1 unspecified atom stereocenters. The van der Waals surface area contributed by atoms with Crippen LogP contribution in [0.15, 0.2) is 36.4 Å². The molecule has 0 radical (unpaired) electrons. The van der Waals surface area contributed by atoms with E-state index in [0.29, 0.717) is 22.3 Å². The Balaban J connectivity index is 1.71. The maximum atomic E-state index is 14.2. The summed E-state index contributed by atoms with van der Waals surface area (Å²) < 4.78 is 15.9. The standard InChI is InChI=1S/C19H22FN5S/c1-2-26-14-7-5-6-12-24(13-14)18-11-10-17-21-22-19(25(17)23-18)15-8-3-4-9-16(15)20/h3-4,8-11,14H,2,5-7,12-13H2,1H3. The van der Waals surface area contributed by atoms with Crippen LogP contribution >= 0.6 is 11.8 Å². The molecule has 2 aromatic heterocycles. The van der Waals surface area contributed by atoms with Crippen molar-refractivity contribution in [2.75, 3.05) is 23.7 Å². The van der Waals surface area contributed by atoms with Crippen molar-refractivity contribution in [3.63, 3.8) is 0 Å². The number of nitrogens with zero attached hydrogens (tertiary/aromatic N) is 5. The van der Waals surface area contributed by atoms with Gasteiger partial charge in [0.15, 0.2) is 11.5 Å². The molecule has 7 heteroatoms. The van der Waals surface area contributed by atoms with E-state index < -0.39 is 0 Å². The van der Waals surface area contributed by atoms with Crippen molar-refractivity contribution in [1.29, 1.82) is 0 Å². The summed E-state index contributed by atoms with van der Waals surface area (Å²) >= 11 is 2.02. The SMILES string of the molecule is CCSC1CCCCN(c2ccc3nnc(-c4ccccc4F)n3n2)C1. The second-order valence-electron chi connectivity index (χ2n) is 6.48. The van der Waals surface area contributed by atoms with Gasteiger partial charge in [-0.3, -0.25) is 0 Å². The van der Waals surface area contributed by atoms with Crippen LogP contribution in [0.3, 0.4) is 0 Å². The zero-order valence-electron chi connectivity index (χ0n) is 14.8. The Morgan fingerprint density at radius 2 is 2.04 bits per heavy atom. The molecule has 0 amide bonds. The number of benzene rings is 1. The molecule has 0 saturated carbocycles. The Kier molecular flexibility index (Phi) is 5.06. The lowest BCUT2D eigenvalue weighted by atomic mass is 10.2. The van der Waals surface area contributed by atoms with E-state index in [1.807, 2.05) is 23.9 Å². The minimum absolute atomic E-state index is 0.316. The summed E-state index contributed by atoms with van der Waals surface area (Å²) in [7, 11) is 0. The number of thioether (sulfide) groups is 1. The van der Waals surface area contributed by atoms with Crippen LogP contribution in [0.5, 0.6) is 0 Å². The first-order valence-electron chi connectivity index (χ1n) is 9.10. The molecule has 26 heavy (non-hydrogen) atoms. The van der Waals surface area contributed by atoms with E-state index in [0.717, 1.165) is 24.7 Å². The molecule has 1 aromatic carbocycles. The van der Waals surface area contributed by atoms with Gasteiger partial charge in [-0.15, -0.1) is 15.3 Å². The summed E-state index contributed by atoms with van der Waals surface area (Å²) in [4.78, 5) is 2.34. The smallest absolute Gasteiger partial charge is 0.188 e. The van der Waals surface area contributed by atoms with Crippen molar-refractivity contribution in [3.05, 3.63) is 42.2 Å². The topological polar surface area (TPSA) is 46.3 Å². The van der Waals surface area contributed by atoms with Gasteiger partial charge in [-0.1, -0.05) is 25.5 Å². The highest BCUT2D eigenvalue weighted by molar-refractivity contribution is 7.99. The van der Waals surface area contributed by atoms with E-state index in [-0.39, 0.29) is 5.82 Å². The average Bonchev–Trinajstić information content (AvgIpc) is 2.93. The Morgan fingerprint density at radius 3 is 2.88 bits per heavy atom. The first-order chi connectivity index (χ1) is 12.8. The number of rotatable bonds is 4. The van der Waals surface area contributed by atoms with Gasteiger partial charge in [-0.05, 0) is 42.9 Å². The van der Waals surface area contributed by atoms with Gasteiger partial charge in [0, 0.05) is 18.3 Å². The lowest BCUT2D eigenvalue weighted by molar-refractivity contribution is 0.629. The molecule has 1 atom stereocenters. The molecule has 1 aliphatic rings. The Labute approximate surface area is 156 Å². The monoisotopic (exact) mass is 371 g/mol. The highest BCUT2D eigenvalue weighted by atomic mass is 32.2. The zero-order valence-corrected chi connectivity index (χ0v) is 15.6. The van der Waals surface area contributed by atoms with Gasteiger partial charge in [0.2, 0.25) is 0 Å². The molecule has 0 aliphatic carbocycles. The van der Waals surface area contributed by atoms with Crippen LogP contribution in [0.4, 0.5) is 10.2 Å². The summed E-state index contributed by atoms with van der Waals surface area (Å²) in [6, 6.07) is 10.5. The number of halogens is 1. The average molecular weight is 371 g/mol. The maximum Gasteiger partial charge on any atom is 0.188 e. The molecule has 4 rings (SSSR count). The van der Waals surface area contributed by atoms with E-state index in [2.05, 4.69) is 22.0 Å². The molecule has 1 fully saturated rings. The predicted octanol–water partition coefficient (Wildman–Crippen LogP) is 4.04. The van der Waals surface area contributed by atoms with Crippen molar-refractivity contribution in [1.82, 2.24) is 19.8 Å². The van der Waals surface area contributed by atoms with Crippen LogP contribution in [0, 0.1) is 5.82 Å². The van der Waals surface area contributed by atoms with Crippen LogP contribution in [-0.4, -0.2) is 43.9 Å². The van der Waals surface area contributed by atoms with Crippen LogP contribution in [0.25, 0.3) is 17.0 Å². The maximum absolute atomic E-state index is 14.2. The molecular formula is C19H22FN5S. The van der Waals surface area contributed by atoms with Gasteiger partial charge >= 0.3 is 0 Å². The molecule has 0 bridgehead atoms. The predicted molar refractivity (Wildman–Crippen MR) is 104 cm³/mol. The van der Waals surface area contributed by atoms with Crippen LogP contribution in [0.1, 0.15) is 26.2 Å². The molecule has 1 aliphatic heterocycles. The van der Waals surface area contributed by atoms with E-state index >= 15 is 0 Å². The minimum atomic E-state index is -0.316. The van der Waals surface area contributed by atoms with E-state index in [1.54, 1.807) is 22.7 Å². The minimum Gasteiger partial charge on any atom is -0.354 e. The quantitative estimate of drug-likeness (QED) is 0.693. The lowest BCUT2D eigenvalue weighted by Gasteiger charge is -2.25. The Hall–Kier alpha value is -2.15. The summed E-state index contributed by atoms with van der Waals surface area (Å²) in [6.07, 6.45) is 3.68. The third-order valence-electron chi connectivity index (χ3n) is 4.72. The number of fused-ring (bicyclic) bond motifs is 1. The van der Waals surface area contributed by atoms with E-state index in [9.17, 15) is 4.39 Å². The summed E-state index contributed by atoms with van der Waals surface area (Å²) in [5, 5.41) is 13.7. The summed E-state index contributed by atoms with van der Waals surface area (Å²) in [5.74, 6) is 2.16. The molecule has 0 spiro atoms. The van der Waals surface area contributed by atoms with Crippen molar-refractivity contribution < 1.29 is 4.39 Å².